The van der Waals surface area contributed by atoms with Crippen LogP contribution in [0.15, 0.2) is 78.9 Å². The number of benzene rings is 5. The van der Waals surface area contributed by atoms with Gasteiger partial charge in [0, 0.05) is 12.1 Å². The average Bonchev–Trinajstić information content (AvgIpc) is 2.75. The molecule has 2 heteroatoms. The highest BCUT2D eigenvalue weighted by atomic mass is 16.1. The molecule has 0 aromatic heterocycles. The van der Waals surface area contributed by atoms with E-state index in [1.54, 1.807) is 0 Å². The molecular formula is C28H25NO. The van der Waals surface area contributed by atoms with Crippen molar-refractivity contribution in [3.8, 4) is 0 Å². The van der Waals surface area contributed by atoms with Crippen molar-refractivity contribution in [3.05, 3.63) is 95.6 Å². The zero-order valence-corrected chi connectivity index (χ0v) is 17.6. The maximum Gasteiger partial charge on any atom is 0.251 e. The molecule has 0 saturated heterocycles. The zero-order valence-electron chi connectivity index (χ0n) is 17.6. The van der Waals surface area contributed by atoms with Crippen LogP contribution in [0.25, 0.3) is 32.3 Å². The summed E-state index contributed by atoms with van der Waals surface area (Å²) in [4.78, 5) is 12.7. The van der Waals surface area contributed by atoms with Crippen molar-refractivity contribution in [1.82, 2.24) is 5.32 Å². The van der Waals surface area contributed by atoms with Crippen molar-refractivity contribution in [1.29, 1.82) is 0 Å². The van der Waals surface area contributed by atoms with Crippen molar-refractivity contribution in [2.24, 2.45) is 0 Å². The first-order chi connectivity index (χ1) is 14.4. The van der Waals surface area contributed by atoms with Crippen molar-refractivity contribution >= 4 is 38.2 Å². The molecule has 0 atom stereocenters. The fourth-order valence-electron chi connectivity index (χ4n) is 4.35. The highest BCUT2D eigenvalue weighted by molar-refractivity contribution is 6.23. The molecule has 5 aromatic rings. The molecule has 5 aromatic carbocycles. The third-order valence-electron chi connectivity index (χ3n) is 6.07. The lowest BCUT2D eigenvalue weighted by Crippen LogP contribution is -2.23. The molecule has 1 N–H and O–H groups in total. The topological polar surface area (TPSA) is 29.1 Å². The van der Waals surface area contributed by atoms with Gasteiger partial charge in [-0.1, -0.05) is 87.5 Å². The van der Waals surface area contributed by atoms with E-state index in [9.17, 15) is 4.79 Å². The van der Waals surface area contributed by atoms with Crippen molar-refractivity contribution in [3.63, 3.8) is 0 Å². The summed E-state index contributed by atoms with van der Waals surface area (Å²) in [7, 11) is 0. The molecule has 0 heterocycles. The summed E-state index contributed by atoms with van der Waals surface area (Å²) in [6, 6.07) is 27.4. The molecule has 30 heavy (non-hydrogen) atoms. The van der Waals surface area contributed by atoms with Crippen LogP contribution in [0.5, 0.6) is 0 Å². The Balaban J connectivity index is 1.46. The molecule has 0 aliphatic heterocycles. The molecule has 0 saturated carbocycles. The number of hydrogen-bond donors (Lipinski definition) is 1. The van der Waals surface area contributed by atoms with Crippen LogP contribution in [0.1, 0.15) is 42.3 Å². The SMILES string of the molecule is CC(C)(C)c1ccc(C(=O)NCc2ccc3ccc4cccc5ccc2c3c45)cc1. The summed E-state index contributed by atoms with van der Waals surface area (Å²) in [5.41, 5.74) is 3.14. The molecule has 0 spiro atoms. The quantitative estimate of drug-likeness (QED) is 0.336. The summed E-state index contributed by atoms with van der Waals surface area (Å²) in [6.07, 6.45) is 0. The van der Waals surface area contributed by atoms with Gasteiger partial charge < -0.3 is 5.32 Å². The number of nitrogens with one attached hydrogen (secondary N) is 1. The van der Waals surface area contributed by atoms with Crippen LogP contribution < -0.4 is 5.32 Å². The summed E-state index contributed by atoms with van der Waals surface area (Å²) < 4.78 is 0. The summed E-state index contributed by atoms with van der Waals surface area (Å²) in [5, 5.41) is 10.7. The van der Waals surface area contributed by atoms with Gasteiger partial charge in [0.2, 0.25) is 0 Å². The predicted molar refractivity (Wildman–Crippen MR) is 126 cm³/mol. The smallest absolute Gasteiger partial charge is 0.251 e. The maximum absolute atomic E-state index is 12.7. The monoisotopic (exact) mass is 391 g/mol. The van der Waals surface area contributed by atoms with Crippen LogP contribution in [0, 0.1) is 0 Å². The molecule has 0 aliphatic rings. The van der Waals surface area contributed by atoms with Gasteiger partial charge >= 0.3 is 0 Å². The molecular weight excluding hydrogens is 366 g/mol. The van der Waals surface area contributed by atoms with Gasteiger partial charge in [-0.15, -0.1) is 0 Å². The molecule has 148 valence electrons. The van der Waals surface area contributed by atoms with Crippen molar-refractivity contribution in [2.75, 3.05) is 0 Å². The third-order valence-corrected chi connectivity index (χ3v) is 6.07. The van der Waals surface area contributed by atoms with E-state index in [1.807, 2.05) is 24.3 Å². The molecule has 2 nitrogen and oxygen atoms in total. The summed E-state index contributed by atoms with van der Waals surface area (Å²) >= 11 is 0. The maximum atomic E-state index is 12.7. The van der Waals surface area contributed by atoms with Gasteiger partial charge in [-0.05, 0) is 61.0 Å². The highest BCUT2D eigenvalue weighted by Crippen LogP contribution is 2.35. The Hall–Kier alpha value is -3.39. The first-order valence-corrected chi connectivity index (χ1v) is 10.5. The van der Waals surface area contributed by atoms with E-state index >= 15 is 0 Å². The minimum absolute atomic E-state index is 0.0406. The van der Waals surface area contributed by atoms with Gasteiger partial charge in [0.25, 0.3) is 5.91 Å². The highest BCUT2D eigenvalue weighted by Gasteiger charge is 2.15. The third kappa shape index (κ3) is 3.09. The van der Waals surface area contributed by atoms with Crippen LogP contribution in [0.3, 0.4) is 0 Å². The Morgan fingerprint density at radius 1 is 0.733 bits per heavy atom. The summed E-state index contributed by atoms with van der Waals surface area (Å²) in [6.45, 7) is 7.04. The van der Waals surface area contributed by atoms with Gasteiger partial charge in [-0.25, -0.2) is 0 Å². The van der Waals surface area contributed by atoms with E-state index in [1.165, 1.54) is 37.9 Å². The molecule has 0 fully saturated rings. The van der Waals surface area contributed by atoms with Gasteiger partial charge in [0.05, 0.1) is 0 Å². The van der Waals surface area contributed by atoms with Crippen molar-refractivity contribution in [2.45, 2.75) is 32.7 Å². The Morgan fingerprint density at radius 3 is 2.00 bits per heavy atom. The van der Waals surface area contributed by atoms with Crippen molar-refractivity contribution < 1.29 is 4.79 Å². The van der Waals surface area contributed by atoms with Crippen LogP contribution >= 0.6 is 0 Å². The first kappa shape index (κ1) is 18.6. The van der Waals surface area contributed by atoms with Gasteiger partial charge in [0.1, 0.15) is 0 Å². The number of rotatable bonds is 3. The minimum atomic E-state index is -0.0406. The molecule has 5 rings (SSSR count). The van der Waals surface area contributed by atoms with E-state index < -0.39 is 0 Å². The van der Waals surface area contributed by atoms with Crippen LogP contribution in [0.4, 0.5) is 0 Å². The molecule has 0 aliphatic carbocycles. The number of carbonyl (C=O) groups is 1. The second-order valence-electron chi connectivity index (χ2n) is 9.09. The standard InChI is InChI=1S/C28H25NO/c1-28(2,3)23-14-11-21(12-15-23)27(30)29-17-22-10-9-20-8-7-18-5-4-6-19-13-16-24(22)26(20)25(18)19/h4-16H,17H2,1-3H3,(H,29,30). The lowest BCUT2D eigenvalue weighted by atomic mass is 9.86. The number of carbonyl (C=O) groups excluding carboxylic acids is 1. The molecule has 0 unspecified atom stereocenters. The van der Waals surface area contributed by atoms with Gasteiger partial charge in [-0.2, -0.15) is 0 Å². The van der Waals surface area contributed by atoms with Crippen LogP contribution in [-0.2, 0) is 12.0 Å². The Bertz CT molecular complexity index is 1360. The van der Waals surface area contributed by atoms with E-state index in [4.69, 9.17) is 0 Å². The normalized spacial score (nSPS) is 12.1. The average molecular weight is 392 g/mol. The lowest BCUT2D eigenvalue weighted by Gasteiger charge is -2.19. The van der Waals surface area contributed by atoms with E-state index in [0.717, 1.165) is 5.56 Å². The molecule has 0 radical (unpaired) electrons. The van der Waals surface area contributed by atoms with E-state index in [2.05, 4.69) is 80.7 Å². The largest absolute Gasteiger partial charge is 0.348 e. The fourth-order valence-corrected chi connectivity index (χ4v) is 4.35. The minimum Gasteiger partial charge on any atom is -0.348 e. The lowest BCUT2D eigenvalue weighted by molar-refractivity contribution is 0.0951. The van der Waals surface area contributed by atoms with Crippen LogP contribution in [0.2, 0.25) is 0 Å². The Morgan fingerprint density at radius 2 is 1.33 bits per heavy atom. The number of hydrogen-bond acceptors (Lipinski definition) is 1. The van der Waals surface area contributed by atoms with E-state index in [-0.39, 0.29) is 11.3 Å². The first-order valence-electron chi connectivity index (χ1n) is 10.5. The van der Waals surface area contributed by atoms with Crippen LogP contribution in [-0.4, -0.2) is 5.91 Å². The zero-order chi connectivity index (χ0) is 20.9. The summed E-state index contributed by atoms with van der Waals surface area (Å²) in [5.74, 6) is -0.0406. The molecule has 1 amide bonds. The fraction of sp³-hybridized carbons (Fsp3) is 0.179. The van der Waals surface area contributed by atoms with Gasteiger partial charge in [0.15, 0.2) is 0 Å². The Kier molecular flexibility index (Phi) is 4.25. The number of amides is 1. The predicted octanol–water partition coefficient (Wildman–Crippen LogP) is 6.81. The van der Waals surface area contributed by atoms with Gasteiger partial charge in [-0.3, -0.25) is 4.79 Å². The Labute approximate surface area is 176 Å². The molecule has 0 bridgehead atoms. The second-order valence-corrected chi connectivity index (χ2v) is 9.09. The second kappa shape index (κ2) is 6.84. The van der Waals surface area contributed by atoms with E-state index in [0.29, 0.717) is 12.1 Å².